The molecule has 0 aliphatic carbocycles. The molecule has 154 valence electrons. The number of ether oxygens (including phenoxy) is 1. The average Bonchev–Trinajstić information content (AvgIpc) is 3.00. The van der Waals surface area contributed by atoms with E-state index in [4.69, 9.17) is 9.26 Å². The Morgan fingerprint density at radius 3 is 2.71 bits per heavy atom. The molecule has 0 radical (unpaired) electrons. The molecule has 2 aliphatic heterocycles. The summed E-state index contributed by atoms with van der Waals surface area (Å²) >= 11 is 0. The van der Waals surface area contributed by atoms with E-state index in [1.165, 1.54) is 16.8 Å². The van der Waals surface area contributed by atoms with Crippen molar-refractivity contribution in [1.82, 2.24) is 24.7 Å². The summed E-state index contributed by atoms with van der Waals surface area (Å²) in [4.78, 5) is 5.18. The van der Waals surface area contributed by atoms with Crippen LogP contribution in [0.3, 0.4) is 0 Å². The van der Waals surface area contributed by atoms with Gasteiger partial charge in [0.15, 0.2) is 0 Å². The Balaban J connectivity index is 1.48. The fraction of sp³-hybridized carbons (Fsp3) is 0.714. The summed E-state index contributed by atoms with van der Waals surface area (Å²) in [5, 5.41) is 8.72. The second-order valence-corrected chi connectivity index (χ2v) is 8.46. The normalized spacial score (nSPS) is 23.9. The van der Waals surface area contributed by atoms with Crippen LogP contribution in [0.5, 0.6) is 0 Å². The standard InChI is InChI=1S/C21H33N5O2/c1-5-6-26-16(3)19(7-22-26)10-24-8-18-9-25(20(11-24)14-27-13-18)12-21-15(2)23-28-17(21)4/h7,18,20H,5-6,8-14H2,1-4H3/t18-,20-/m0/s1. The van der Waals surface area contributed by atoms with Crippen LogP contribution in [0.15, 0.2) is 10.7 Å². The first-order chi connectivity index (χ1) is 13.5. The van der Waals surface area contributed by atoms with Gasteiger partial charge in [0.05, 0.1) is 25.1 Å². The molecule has 4 heterocycles. The molecule has 7 heteroatoms. The molecule has 4 rings (SSSR count). The van der Waals surface area contributed by atoms with Crippen molar-refractivity contribution in [3.05, 3.63) is 34.5 Å². The minimum absolute atomic E-state index is 0.396. The van der Waals surface area contributed by atoms with Gasteiger partial charge in [-0.15, -0.1) is 0 Å². The third-order valence-corrected chi connectivity index (χ3v) is 6.23. The molecule has 0 amide bonds. The molecule has 7 nitrogen and oxygen atoms in total. The number of fused-ring (bicyclic) bond motifs is 3. The van der Waals surface area contributed by atoms with Gasteiger partial charge >= 0.3 is 0 Å². The van der Waals surface area contributed by atoms with Crippen molar-refractivity contribution in [3.8, 4) is 0 Å². The highest BCUT2D eigenvalue weighted by molar-refractivity contribution is 5.21. The topological polar surface area (TPSA) is 59.6 Å². The van der Waals surface area contributed by atoms with E-state index in [0.717, 1.165) is 70.4 Å². The lowest BCUT2D eigenvalue weighted by molar-refractivity contribution is 0.0469. The van der Waals surface area contributed by atoms with E-state index in [-0.39, 0.29) is 0 Å². The van der Waals surface area contributed by atoms with Crippen molar-refractivity contribution in [1.29, 1.82) is 0 Å². The Kier molecular flexibility index (Phi) is 5.85. The number of aryl methyl sites for hydroxylation is 3. The van der Waals surface area contributed by atoms with Gasteiger partial charge in [-0.25, -0.2) is 0 Å². The molecule has 2 atom stereocenters. The van der Waals surface area contributed by atoms with Gasteiger partial charge < -0.3 is 9.26 Å². The zero-order chi connectivity index (χ0) is 19.7. The molecule has 2 aromatic rings. The van der Waals surface area contributed by atoms with E-state index in [0.29, 0.717) is 12.0 Å². The van der Waals surface area contributed by atoms with Gasteiger partial charge in [-0.1, -0.05) is 12.1 Å². The van der Waals surface area contributed by atoms with Crippen LogP contribution in [0.2, 0.25) is 0 Å². The van der Waals surface area contributed by atoms with Crippen LogP contribution >= 0.6 is 0 Å². The van der Waals surface area contributed by atoms with Crippen molar-refractivity contribution in [3.63, 3.8) is 0 Å². The minimum atomic E-state index is 0.396. The lowest BCUT2D eigenvalue weighted by atomic mass is 10.1. The molecular formula is C21H33N5O2. The number of nitrogens with zero attached hydrogens (tertiary/aromatic N) is 5. The van der Waals surface area contributed by atoms with E-state index in [1.54, 1.807) is 0 Å². The zero-order valence-electron chi connectivity index (χ0n) is 17.6. The zero-order valence-corrected chi connectivity index (χ0v) is 17.6. The average molecular weight is 388 g/mol. The highest BCUT2D eigenvalue weighted by atomic mass is 16.5. The number of hydrogen-bond acceptors (Lipinski definition) is 6. The summed E-state index contributed by atoms with van der Waals surface area (Å²) in [5.74, 6) is 1.46. The summed E-state index contributed by atoms with van der Waals surface area (Å²) in [7, 11) is 0. The summed E-state index contributed by atoms with van der Waals surface area (Å²) in [6, 6.07) is 0.396. The molecule has 0 aromatic carbocycles. The quantitative estimate of drug-likeness (QED) is 0.759. The predicted molar refractivity (Wildman–Crippen MR) is 107 cm³/mol. The smallest absolute Gasteiger partial charge is 0.138 e. The van der Waals surface area contributed by atoms with Gasteiger partial charge in [-0.2, -0.15) is 5.10 Å². The molecule has 2 saturated heterocycles. The minimum Gasteiger partial charge on any atom is -0.379 e. The van der Waals surface area contributed by atoms with Gasteiger partial charge in [0, 0.05) is 68.0 Å². The van der Waals surface area contributed by atoms with Gasteiger partial charge in [0.2, 0.25) is 0 Å². The Morgan fingerprint density at radius 2 is 1.96 bits per heavy atom. The lowest BCUT2D eigenvalue weighted by Crippen LogP contribution is -2.43. The van der Waals surface area contributed by atoms with Crippen LogP contribution in [0.1, 0.15) is 41.6 Å². The molecule has 0 spiro atoms. The number of hydrogen-bond donors (Lipinski definition) is 0. The molecule has 2 aromatic heterocycles. The Hall–Kier alpha value is -1.70. The van der Waals surface area contributed by atoms with Crippen molar-refractivity contribution in [2.24, 2.45) is 5.92 Å². The van der Waals surface area contributed by atoms with Crippen molar-refractivity contribution in [2.75, 3.05) is 32.8 Å². The first-order valence-corrected chi connectivity index (χ1v) is 10.5. The second kappa shape index (κ2) is 8.35. The Bertz CT molecular complexity index is 779. The maximum Gasteiger partial charge on any atom is 0.138 e. The van der Waals surface area contributed by atoms with E-state index < -0.39 is 0 Å². The fourth-order valence-electron chi connectivity index (χ4n) is 4.60. The first-order valence-electron chi connectivity index (χ1n) is 10.5. The molecule has 2 aliphatic rings. The van der Waals surface area contributed by atoms with Crippen LogP contribution in [-0.2, 0) is 24.4 Å². The van der Waals surface area contributed by atoms with Crippen LogP contribution in [0.4, 0.5) is 0 Å². The maximum absolute atomic E-state index is 6.01. The highest BCUT2D eigenvalue weighted by Crippen LogP contribution is 2.25. The predicted octanol–water partition coefficient (Wildman–Crippen LogP) is 2.54. The largest absolute Gasteiger partial charge is 0.379 e. The molecular weight excluding hydrogens is 354 g/mol. The molecule has 28 heavy (non-hydrogen) atoms. The third-order valence-electron chi connectivity index (χ3n) is 6.23. The molecule has 2 bridgehead atoms. The van der Waals surface area contributed by atoms with E-state index in [1.807, 2.05) is 13.8 Å². The fourth-order valence-corrected chi connectivity index (χ4v) is 4.60. The maximum atomic E-state index is 6.01. The van der Waals surface area contributed by atoms with Gasteiger partial charge in [0.25, 0.3) is 0 Å². The van der Waals surface area contributed by atoms with E-state index in [9.17, 15) is 0 Å². The molecule has 0 N–H and O–H groups in total. The summed E-state index contributed by atoms with van der Waals surface area (Å²) in [5.41, 5.74) is 4.90. The van der Waals surface area contributed by atoms with Gasteiger partial charge in [-0.05, 0) is 27.2 Å². The summed E-state index contributed by atoms with van der Waals surface area (Å²) in [6.45, 7) is 16.1. The van der Waals surface area contributed by atoms with Crippen LogP contribution in [0.25, 0.3) is 0 Å². The second-order valence-electron chi connectivity index (χ2n) is 8.46. The number of rotatable bonds is 6. The lowest BCUT2D eigenvalue weighted by Gasteiger charge is -2.31. The van der Waals surface area contributed by atoms with Crippen molar-refractivity contribution < 1.29 is 9.26 Å². The summed E-state index contributed by atoms with van der Waals surface area (Å²) in [6.07, 6.45) is 3.17. The SMILES string of the molecule is CCCn1ncc(CN2C[C@@H]3COC[C@H](C2)N(Cc2c(C)noc2C)C3)c1C. The van der Waals surface area contributed by atoms with Crippen molar-refractivity contribution in [2.45, 2.75) is 59.8 Å². The van der Waals surface area contributed by atoms with E-state index >= 15 is 0 Å². The third kappa shape index (κ3) is 4.02. The van der Waals surface area contributed by atoms with Crippen LogP contribution < -0.4 is 0 Å². The van der Waals surface area contributed by atoms with Crippen molar-refractivity contribution >= 4 is 0 Å². The molecule has 0 unspecified atom stereocenters. The van der Waals surface area contributed by atoms with Crippen LogP contribution in [0, 0.1) is 26.7 Å². The monoisotopic (exact) mass is 387 g/mol. The Labute approximate surface area is 167 Å². The summed E-state index contributed by atoms with van der Waals surface area (Å²) < 4.78 is 13.5. The highest BCUT2D eigenvalue weighted by Gasteiger charge is 2.34. The van der Waals surface area contributed by atoms with E-state index in [2.05, 4.69) is 44.8 Å². The molecule has 0 saturated carbocycles. The Morgan fingerprint density at radius 1 is 1.11 bits per heavy atom. The first kappa shape index (κ1) is 19.6. The van der Waals surface area contributed by atoms with Crippen LogP contribution in [-0.4, -0.2) is 63.6 Å². The number of aromatic nitrogens is 3. The molecule has 2 fully saturated rings. The van der Waals surface area contributed by atoms with Gasteiger partial charge in [-0.3, -0.25) is 14.5 Å². The van der Waals surface area contributed by atoms with Gasteiger partial charge in [0.1, 0.15) is 5.76 Å².